The molecular weight excluding hydrogens is 242 g/mol. The Bertz CT molecular complexity index is 664. The van der Waals surface area contributed by atoms with E-state index in [-0.39, 0.29) is 11.5 Å². The van der Waals surface area contributed by atoms with Crippen LogP contribution in [0, 0.1) is 0 Å². The summed E-state index contributed by atoms with van der Waals surface area (Å²) in [5.74, 6) is -1.26. The Labute approximate surface area is 109 Å². The minimum atomic E-state index is -0.663. The molecule has 0 atom stereocenters. The van der Waals surface area contributed by atoms with Gasteiger partial charge in [-0.15, -0.1) is 0 Å². The first-order valence-electron chi connectivity index (χ1n) is 5.92. The molecule has 3 rings (SSSR count). The summed E-state index contributed by atoms with van der Waals surface area (Å²) in [7, 11) is 0. The topological polar surface area (TPSA) is 57.6 Å². The minimum Gasteiger partial charge on any atom is -0.278 e. The predicted molar refractivity (Wildman–Crippen MR) is 68.5 cm³/mol. The van der Waals surface area contributed by atoms with Gasteiger partial charge in [0.2, 0.25) is 0 Å². The summed E-state index contributed by atoms with van der Waals surface area (Å²) < 4.78 is 0. The van der Waals surface area contributed by atoms with Crippen molar-refractivity contribution in [3.05, 3.63) is 59.7 Å². The first-order chi connectivity index (χ1) is 9.18. The second-order valence-corrected chi connectivity index (χ2v) is 4.39. The Morgan fingerprint density at radius 1 is 0.895 bits per heavy atom. The maximum absolute atomic E-state index is 11.9. The van der Waals surface area contributed by atoms with Crippen LogP contribution in [-0.2, 0) is 11.2 Å². The molecule has 0 aromatic heterocycles. The number of carbonyl (C=O) groups is 2. The lowest BCUT2D eigenvalue weighted by molar-refractivity contribution is -0.153. The summed E-state index contributed by atoms with van der Waals surface area (Å²) in [6, 6.07) is 14.8. The first-order valence-corrected chi connectivity index (χ1v) is 5.92. The van der Waals surface area contributed by atoms with E-state index < -0.39 is 11.8 Å². The molecule has 0 radical (unpaired) electrons. The summed E-state index contributed by atoms with van der Waals surface area (Å²) in [6.07, 6.45) is 0.0304. The van der Waals surface area contributed by atoms with Crippen molar-refractivity contribution in [2.24, 2.45) is 0 Å². The van der Waals surface area contributed by atoms with E-state index in [1.54, 1.807) is 12.1 Å². The normalized spacial score (nSPS) is 14.5. The zero-order valence-electron chi connectivity index (χ0n) is 10.0. The van der Waals surface area contributed by atoms with Crippen LogP contribution in [0.25, 0.3) is 11.1 Å². The zero-order chi connectivity index (χ0) is 13.4. The van der Waals surface area contributed by atoms with Crippen LogP contribution in [-0.4, -0.2) is 22.1 Å². The highest BCUT2D eigenvalue weighted by Gasteiger charge is 2.31. The van der Waals surface area contributed by atoms with Crippen molar-refractivity contribution in [3.63, 3.8) is 0 Å². The minimum absolute atomic E-state index is 0.0304. The van der Waals surface area contributed by atoms with Crippen LogP contribution in [0.3, 0.4) is 0 Å². The third kappa shape index (κ3) is 1.82. The van der Waals surface area contributed by atoms with E-state index in [9.17, 15) is 14.8 Å². The highest BCUT2D eigenvalue weighted by molar-refractivity contribution is 6.10. The van der Waals surface area contributed by atoms with Gasteiger partial charge in [-0.1, -0.05) is 42.5 Å². The Hall–Kier alpha value is -2.46. The second-order valence-electron chi connectivity index (χ2n) is 4.39. The molecule has 0 saturated heterocycles. The van der Waals surface area contributed by atoms with Crippen LogP contribution in [0.4, 0.5) is 0 Å². The van der Waals surface area contributed by atoms with Gasteiger partial charge in [0.1, 0.15) is 0 Å². The molecule has 0 aliphatic carbocycles. The Morgan fingerprint density at radius 2 is 1.58 bits per heavy atom. The van der Waals surface area contributed by atoms with E-state index >= 15 is 0 Å². The molecule has 0 unspecified atom stereocenters. The first kappa shape index (κ1) is 11.6. The van der Waals surface area contributed by atoms with E-state index in [0.717, 1.165) is 11.1 Å². The summed E-state index contributed by atoms with van der Waals surface area (Å²) in [4.78, 5) is 23.5. The molecule has 2 amide bonds. The fraction of sp³-hybridized carbons (Fsp3) is 0.0667. The van der Waals surface area contributed by atoms with Crippen molar-refractivity contribution in [1.82, 2.24) is 5.06 Å². The molecule has 19 heavy (non-hydrogen) atoms. The lowest BCUT2D eigenvalue weighted by Crippen LogP contribution is -2.39. The third-order valence-corrected chi connectivity index (χ3v) is 3.25. The van der Waals surface area contributed by atoms with Gasteiger partial charge in [-0.25, -0.2) is 0 Å². The van der Waals surface area contributed by atoms with Gasteiger partial charge in [0.25, 0.3) is 11.8 Å². The lowest BCUT2D eigenvalue weighted by atomic mass is 9.90. The smallest absolute Gasteiger partial charge is 0.278 e. The number of fused-ring (bicyclic) bond motifs is 1. The standard InChI is InChI=1S/C15H11NO3/c17-14-9-13-11(10-5-2-1-3-6-10)7-4-8-12(13)15(18)16(14)19/h1-8,19H,9H2. The van der Waals surface area contributed by atoms with Crippen LogP contribution in [0.15, 0.2) is 48.5 Å². The van der Waals surface area contributed by atoms with Gasteiger partial charge in [0.15, 0.2) is 0 Å². The molecule has 2 aromatic rings. The molecule has 0 fully saturated rings. The average molecular weight is 253 g/mol. The number of hydrogen-bond acceptors (Lipinski definition) is 3. The number of amides is 2. The van der Waals surface area contributed by atoms with E-state index in [1.807, 2.05) is 36.4 Å². The monoisotopic (exact) mass is 253 g/mol. The summed E-state index contributed by atoms with van der Waals surface area (Å²) in [6.45, 7) is 0. The average Bonchev–Trinajstić information content (AvgIpc) is 2.45. The molecule has 0 saturated carbocycles. The van der Waals surface area contributed by atoms with Crippen molar-refractivity contribution in [3.8, 4) is 11.1 Å². The van der Waals surface area contributed by atoms with Gasteiger partial charge in [0, 0.05) is 5.56 Å². The molecule has 0 spiro atoms. The predicted octanol–water partition coefficient (Wildman–Crippen LogP) is 2.27. The number of carbonyl (C=O) groups excluding carboxylic acids is 2. The maximum atomic E-state index is 11.9. The largest absolute Gasteiger partial charge is 0.284 e. The summed E-state index contributed by atoms with van der Waals surface area (Å²) >= 11 is 0. The number of hydroxylamine groups is 2. The van der Waals surface area contributed by atoms with Crippen molar-refractivity contribution in [1.29, 1.82) is 0 Å². The van der Waals surface area contributed by atoms with Crippen molar-refractivity contribution in [2.45, 2.75) is 6.42 Å². The van der Waals surface area contributed by atoms with E-state index in [1.165, 1.54) is 0 Å². The lowest BCUT2D eigenvalue weighted by Gasteiger charge is -2.23. The van der Waals surface area contributed by atoms with Crippen molar-refractivity contribution in [2.75, 3.05) is 0 Å². The van der Waals surface area contributed by atoms with Crippen LogP contribution in [0.5, 0.6) is 0 Å². The third-order valence-electron chi connectivity index (χ3n) is 3.25. The van der Waals surface area contributed by atoms with Crippen LogP contribution < -0.4 is 0 Å². The molecule has 4 heteroatoms. The molecule has 94 valence electrons. The second kappa shape index (κ2) is 4.33. The quantitative estimate of drug-likeness (QED) is 0.626. The molecular formula is C15H11NO3. The Balaban J connectivity index is 2.20. The van der Waals surface area contributed by atoms with Gasteiger partial charge < -0.3 is 0 Å². The Kier molecular flexibility index (Phi) is 2.65. The number of rotatable bonds is 1. The molecule has 1 aliphatic heterocycles. The van der Waals surface area contributed by atoms with Crippen LogP contribution in [0.1, 0.15) is 15.9 Å². The van der Waals surface area contributed by atoms with Gasteiger partial charge in [-0.05, 0) is 22.8 Å². The number of nitrogens with zero attached hydrogens (tertiary/aromatic N) is 1. The molecule has 1 heterocycles. The SMILES string of the molecule is O=C1Cc2c(cccc2-c2ccccc2)C(=O)N1O. The number of benzene rings is 2. The Morgan fingerprint density at radius 3 is 2.32 bits per heavy atom. The van der Waals surface area contributed by atoms with Gasteiger partial charge in [-0.3, -0.25) is 14.8 Å². The fourth-order valence-corrected chi connectivity index (χ4v) is 2.32. The van der Waals surface area contributed by atoms with Crippen molar-refractivity contribution < 1.29 is 14.8 Å². The van der Waals surface area contributed by atoms with E-state index in [2.05, 4.69) is 0 Å². The number of hydrogen-bond donors (Lipinski definition) is 1. The van der Waals surface area contributed by atoms with Gasteiger partial charge in [-0.2, -0.15) is 5.06 Å². The van der Waals surface area contributed by atoms with Crippen molar-refractivity contribution >= 4 is 11.8 Å². The molecule has 4 nitrogen and oxygen atoms in total. The number of imide groups is 1. The molecule has 0 bridgehead atoms. The fourth-order valence-electron chi connectivity index (χ4n) is 2.32. The summed E-state index contributed by atoms with van der Waals surface area (Å²) in [5, 5.41) is 9.58. The highest BCUT2D eigenvalue weighted by atomic mass is 16.5. The van der Waals surface area contributed by atoms with Crippen LogP contribution in [0.2, 0.25) is 0 Å². The van der Waals surface area contributed by atoms with Gasteiger partial charge in [0.05, 0.1) is 6.42 Å². The maximum Gasteiger partial charge on any atom is 0.284 e. The van der Waals surface area contributed by atoms with Gasteiger partial charge >= 0.3 is 0 Å². The molecule has 1 N–H and O–H groups in total. The summed E-state index contributed by atoms with van der Waals surface area (Å²) in [5.41, 5.74) is 2.86. The van der Waals surface area contributed by atoms with E-state index in [0.29, 0.717) is 11.1 Å². The highest BCUT2D eigenvalue weighted by Crippen LogP contribution is 2.30. The molecule has 1 aliphatic rings. The van der Waals surface area contributed by atoms with E-state index in [4.69, 9.17) is 0 Å². The van der Waals surface area contributed by atoms with Crippen LogP contribution >= 0.6 is 0 Å². The molecule has 2 aromatic carbocycles. The zero-order valence-corrected chi connectivity index (χ0v) is 10.0.